The van der Waals surface area contributed by atoms with Gasteiger partial charge in [0.15, 0.2) is 11.6 Å². The molecular weight excluding hydrogens is 399 g/mol. The lowest BCUT2D eigenvalue weighted by Crippen LogP contribution is -2.31. The van der Waals surface area contributed by atoms with Crippen molar-refractivity contribution in [1.82, 2.24) is 14.8 Å². The monoisotopic (exact) mass is 420 g/mol. The van der Waals surface area contributed by atoms with Crippen LogP contribution in [0.3, 0.4) is 0 Å². The van der Waals surface area contributed by atoms with Crippen LogP contribution in [0.5, 0.6) is 11.5 Å². The number of carbonyl (C=O) groups is 1. The fourth-order valence-electron chi connectivity index (χ4n) is 4.22. The van der Waals surface area contributed by atoms with Crippen molar-refractivity contribution in [2.75, 3.05) is 19.5 Å². The summed E-state index contributed by atoms with van der Waals surface area (Å²) in [6.07, 6.45) is 2.02. The molecule has 0 bridgehead atoms. The maximum Gasteiger partial charge on any atom is 0.226 e. The molecule has 1 aliphatic heterocycles. The number of aromatic nitrogens is 3. The number of ether oxygens (including phenoxy) is 2. The summed E-state index contributed by atoms with van der Waals surface area (Å²) in [6.45, 7) is 0. The number of nitrogens with one attached hydrogen (secondary N) is 1. The van der Waals surface area contributed by atoms with Gasteiger partial charge in [-0.05, 0) is 55.3 Å². The van der Waals surface area contributed by atoms with Crippen molar-refractivity contribution in [3.05, 3.63) is 65.1 Å². The Hall–Kier alpha value is -3.68. The van der Waals surface area contributed by atoms with E-state index in [4.69, 9.17) is 14.6 Å². The summed E-state index contributed by atoms with van der Waals surface area (Å²) in [5.41, 5.74) is 2.98. The van der Waals surface area contributed by atoms with E-state index in [0.29, 0.717) is 40.8 Å². The Morgan fingerprint density at radius 1 is 1.10 bits per heavy atom. The molecule has 2 aliphatic rings. The molecule has 0 spiro atoms. The van der Waals surface area contributed by atoms with Gasteiger partial charge in [-0.3, -0.25) is 4.79 Å². The van der Waals surface area contributed by atoms with Crippen molar-refractivity contribution >= 4 is 11.7 Å². The number of halogens is 1. The molecule has 7 nitrogen and oxygen atoms in total. The average molecular weight is 420 g/mol. The summed E-state index contributed by atoms with van der Waals surface area (Å²) >= 11 is 0. The maximum atomic E-state index is 13.4. The third-order valence-corrected chi connectivity index (χ3v) is 5.70. The standard InChI is InChI=1S/C23H21FN4O3/c1-30-15-10-11-19(31-2)16(12-15)21-20-17(4-3-5-18(20)29)25-23-26-22(27-28(21)23)13-6-8-14(24)9-7-13/h6-12,21H,3-5H2,1-2H3,(H,25,26,27). The molecule has 1 aliphatic carbocycles. The second-order valence-electron chi connectivity index (χ2n) is 7.51. The minimum absolute atomic E-state index is 0.0769. The van der Waals surface area contributed by atoms with Gasteiger partial charge in [-0.2, -0.15) is 4.98 Å². The van der Waals surface area contributed by atoms with Gasteiger partial charge in [-0.15, -0.1) is 5.10 Å². The van der Waals surface area contributed by atoms with E-state index >= 15 is 0 Å². The van der Waals surface area contributed by atoms with Crippen LogP contribution in [0.25, 0.3) is 11.4 Å². The summed E-state index contributed by atoms with van der Waals surface area (Å²) in [5.74, 6) is 2.01. The van der Waals surface area contributed by atoms with Gasteiger partial charge < -0.3 is 14.8 Å². The van der Waals surface area contributed by atoms with Crippen LogP contribution in [0, 0.1) is 5.82 Å². The topological polar surface area (TPSA) is 78.3 Å². The van der Waals surface area contributed by atoms with Gasteiger partial charge in [-0.1, -0.05) is 0 Å². The molecule has 0 saturated heterocycles. The van der Waals surface area contributed by atoms with Gasteiger partial charge in [0.05, 0.1) is 14.2 Å². The van der Waals surface area contributed by atoms with Crippen molar-refractivity contribution in [2.24, 2.45) is 0 Å². The van der Waals surface area contributed by atoms with Crippen molar-refractivity contribution in [1.29, 1.82) is 0 Å². The molecule has 1 aromatic heterocycles. The van der Waals surface area contributed by atoms with Crippen LogP contribution in [-0.2, 0) is 4.79 Å². The molecule has 0 amide bonds. The number of anilines is 1. The highest BCUT2D eigenvalue weighted by Crippen LogP contribution is 2.44. The zero-order chi connectivity index (χ0) is 21.5. The minimum atomic E-state index is -0.509. The van der Waals surface area contributed by atoms with E-state index in [2.05, 4.69) is 10.3 Å². The van der Waals surface area contributed by atoms with E-state index in [1.54, 1.807) is 31.0 Å². The molecule has 0 saturated carbocycles. The predicted molar refractivity (Wildman–Crippen MR) is 113 cm³/mol. The lowest BCUT2D eigenvalue weighted by molar-refractivity contribution is -0.116. The lowest BCUT2D eigenvalue weighted by atomic mass is 9.85. The molecule has 1 atom stereocenters. The Labute approximate surface area is 178 Å². The smallest absolute Gasteiger partial charge is 0.226 e. The number of Topliss-reactive ketones (excluding diaryl/α,β-unsaturated/α-hetero) is 1. The molecule has 1 N–H and O–H groups in total. The largest absolute Gasteiger partial charge is 0.497 e. The van der Waals surface area contributed by atoms with Crippen LogP contribution in [0.1, 0.15) is 30.9 Å². The Morgan fingerprint density at radius 2 is 1.90 bits per heavy atom. The van der Waals surface area contributed by atoms with Crippen molar-refractivity contribution in [3.63, 3.8) is 0 Å². The SMILES string of the molecule is COc1ccc(OC)c(C2C3=C(CCCC3=O)Nc3nc(-c4ccc(F)cc4)nn32)c1. The fraction of sp³-hybridized carbons (Fsp3) is 0.261. The molecule has 1 unspecified atom stereocenters. The highest BCUT2D eigenvalue weighted by atomic mass is 19.1. The van der Waals surface area contributed by atoms with Gasteiger partial charge in [-0.25, -0.2) is 9.07 Å². The summed E-state index contributed by atoms with van der Waals surface area (Å²) < 4.78 is 26.1. The van der Waals surface area contributed by atoms with Crippen molar-refractivity contribution < 1.29 is 18.7 Å². The number of hydrogen-bond acceptors (Lipinski definition) is 6. The highest BCUT2D eigenvalue weighted by molar-refractivity contribution is 5.99. The fourth-order valence-corrected chi connectivity index (χ4v) is 4.22. The van der Waals surface area contributed by atoms with E-state index < -0.39 is 6.04 Å². The highest BCUT2D eigenvalue weighted by Gasteiger charge is 2.38. The molecule has 0 fully saturated rings. The van der Waals surface area contributed by atoms with Crippen LogP contribution in [0.4, 0.5) is 10.3 Å². The summed E-state index contributed by atoms with van der Waals surface area (Å²) in [6, 6.07) is 11.0. The summed E-state index contributed by atoms with van der Waals surface area (Å²) in [7, 11) is 3.19. The molecule has 3 aromatic rings. The number of allylic oxidation sites excluding steroid dienone is 2. The molecule has 2 aromatic carbocycles. The number of benzene rings is 2. The molecule has 5 rings (SSSR count). The maximum absolute atomic E-state index is 13.4. The van der Waals surface area contributed by atoms with Crippen LogP contribution in [0.2, 0.25) is 0 Å². The third-order valence-electron chi connectivity index (χ3n) is 5.70. The second kappa shape index (κ2) is 7.54. The Bertz CT molecular complexity index is 1200. The first kappa shape index (κ1) is 19.3. The Kier molecular flexibility index (Phi) is 4.69. The normalized spacial score (nSPS) is 17.6. The first-order valence-electron chi connectivity index (χ1n) is 10.1. The van der Waals surface area contributed by atoms with Gasteiger partial charge >= 0.3 is 0 Å². The van der Waals surface area contributed by atoms with Crippen molar-refractivity contribution in [3.8, 4) is 22.9 Å². The quantitative estimate of drug-likeness (QED) is 0.684. The van der Waals surface area contributed by atoms with Gasteiger partial charge in [0.2, 0.25) is 5.95 Å². The van der Waals surface area contributed by atoms with Crippen LogP contribution in [-0.4, -0.2) is 34.8 Å². The van der Waals surface area contributed by atoms with Gasteiger partial charge in [0.1, 0.15) is 23.4 Å². The van der Waals surface area contributed by atoms with Crippen LogP contribution < -0.4 is 14.8 Å². The average Bonchev–Trinajstić information content (AvgIpc) is 3.21. The molecule has 31 heavy (non-hydrogen) atoms. The number of hydrogen-bond donors (Lipinski definition) is 1. The summed E-state index contributed by atoms with van der Waals surface area (Å²) in [5, 5.41) is 8.00. The number of carbonyl (C=O) groups excluding carboxylic acids is 1. The summed E-state index contributed by atoms with van der Waals surface area (Å²) in [4.78, 5) is 17.7. The lowest BCUT2D eigenvalue weighted by Gasteiger charge is -2.32. The first-order chi connectivity index (χ1) is 15.1. The zero-order valence-electron chi connectivity index (χ0n) is 17.2. The molecule has 2 heterocycles. The van der Waals surface area contributed by atoms with E-state index in [0.717, 1.165) is 24.1 Å². The number of ketones is 1. The van der Waals surface area contributed by atoms with E-state index in [1.165, 1.54) is 12.1 Å². The first-order valence-corrected chi connectivity index (χ1v) is 10.1. The predicted octanol–water partition coefficient (Wildman–Crippen LogP) is 4.12. The van der Waals surface area contributed by atoms with Crippen LogP contribution >= 0.6 is 0 Å². The number of fused-ring (bicyclic) bond motifs is 1. The molecule has 0 radical (unpaired) electrons. The number of nitrogens with zero attached hydrogens (tertiary/aromatic N) is 3. The Morgan fingerprint density at radius 3 is 2.65 bits per heavy atom. The number of methoxy groups -OCH3 is 2. The third kappa shape index (κ3) is 3.24. The van der Waals surface area contributed by atoms with Crippen molar-refractivity contribution in [2.45, 2.75) is 25.3 Å². The van der Waals surface area contributed by atoms with E-state index in [9.17, 15) is 9.18 Å². The van der Waals surface area contributed by atoms with Crippen LogP contribution in [0.15, 0.2) is 53.7 Å². The van der Waals surface area contributed by atoms with Gasteiger partial charge in [0.25, 0.3) is 0 Å². The van der Waals surface area contributed by atoms with E-state index in [1.807, 2.05) is 18.2 Å². The Balaban J connectivity index is 1.71. The second-order valence-corrected chi connectivity index (χ2v) is 7.51. The molecule has 8 heteroatoms. The molecular formula is C23H21FN4O3. The minimum Gasteiger partial charge on any atom is -0.497 e. The van der Waals surface area contributed by atoms with Gasteiger partial charge in [0, 0.05) is 28.8 Å². The molecule has 158 valence electrons. The number of rotatable bonds is 4. The van der Waals surface area contributed by atoms with E-state index in [-0.39, 0.29) is 11.6 Å². The zero-order valence-corrected chi connectivity index (χ0v) is 17.2.